The van der Waals surface area contributed by atoms with Crippen molar-refractivity contribution >= 4 is 21.8 Å². The molecular formula is C14H16BrF2NO. The molecule has 104 valence electrons. The van der Waals surface area contributed by atoms with E-state index in [2.05, 4.69) is 21.2 Å². The van der Waals surface area contributed by atoms with Crippen molar-refractivity contribution in [2.24, 2.45) is 5.92 Å². The monoisotopic (exact) mass is 331 g/mol. The third kappa shape index (κ3) is 3.75. The predicted molar refractivity (Wildman–Crippen MR) is 73.1 cm³/mol. The van der Waals surface area contributed by atoms with E-state index in [1.165, 1.54) is 12.1 Å². The number of carbonyl (C=O) groups is 1. The zero-order valence-electron chi connectivity index (χ0n) is 10.5. The summed E-state index contributed by atoms with van der Waals surface area (Å²) >= 11 is 3.44. The molecule has 2 unspecified atom stereocenters. The Morgan fingerprint density at radius 2 is 2.16 bits per heavy atom. The third-order valence-corrected chi connectivity index (χ3v) is 4.40. The third-order valence-electron chi connectivity index (χ3n) is 3.57. The minimum Gasteiger partial charge on any atom is -0.353 e. The van der Waals surface area contributed by atoms with Gasteiger partial charge in [0.15, 0.2) is 0 Å². The fourth-order valence-electron chi connectivity index (χ4n) is 2.51. The molecule has 1 aliphatic carbocycles. The van der Waals surface area contributed by atoms with Gasteiger partial charge in [0.05, 0.1) is 6.42 Å². The molecule has 0 spiro atoms. The van der Waals surface area contributed by atoms with Gasteiger partial charge in [0.2, 0.25) is 5.91 Å². The highest BCUT2D eigenvalue weighted by Gasteiger charge is 2.27. The fraction of sp³-hybridized carbons (Fsp3) is 0.500. The van der Waals surface area contributed by atoms with Gasteiger partial charge in [-0.05, 0) is 30.4 Å². The van der Waals surface area contributed by atoms with Crippen LogP contribution in [0.4, 0.5) is 8.78 Å². The highest BCUT2D eigenvalue weighted by Crippen LogP contribution is 2.27. The molecule has 1 aliphatic rings. The first-order valence-electron chi connectivity index (χ1n) is 6.39. The number of nitrogens with one attached hydrogen (secondary N) is 1. The lowest BCUT2D eigenvalue weighted by atomic mass is 10.1. The quantitative estimate of drug-likeness (QED) is 0.843. The molecule has 2 atom stereocenters. The van der Waals surface area contributed by atoms with Crippen molar-refractivity contribution < 1.29 is 13.6 Å². The van der Waals surface area contributed by atoms with Gasteiger partial charge in [-0.1, -0.05) is 28.4 Å². The maximum absolute atomic E-state index is 13.4. The summed E-state index contributed by atoms with van der Waals surface area (Å²) < 4.78 is 26.2. The van der Waals surface area contributed by atoms with E-state index < -0.39 is 11.6 Å². The van der Waals surface area contributed by atoms with Gasteiger partial charge >= 0.3 is 0 Å². The lowest BCUT2D eigenvalue weighted by molar-refractivity contribution is -0.121. The molecule has 1 fully saturated rings. The molecule has 0 heterocycles. The average molecular weight is 332 g/mol. The van der Waals surface area contributed by atoms with Crippen LogP contribution in [0.1, 0.15) is 24.8 Å². The van der Waals surface area contributed by atoms with Crippen molar-refractivity contribution in [1.82, 2.24) is 5.32 Å². The summed E-state index contributed by atoms with van der Waals surface area (Å²) in [6, 6.07) is 3.46. The maximum Gasteiger partial charge on any atom is 0.224 e. The van der Waals surface area contributed by atoms with Gasteiger partial charge < -0.3 is 5.32 Å². The predicted octanol–water partition coefficient (Wildman–Crippen LogP) is 3.19. The number of carbonyl (C=O) groups excluding carboxylic acids is 1. The minimum atomic E-state index is -0.668. The molecule has 1 N–H and O–H groups in total. The summed E-state index contributed by atoms with van der Waals surface area (Å²) in [4.78, 5) is 11.9. The Morgan fingerprint density at radius 1 is 1.37 bits per heavy atom. The van der Waals surface area contributed by atoms with E-state index in [1.54, 1.807) is 0 Å². The average Bonchev–Trinajstić information content (AvgIpc) is 2.80. The SMILES string of the molecule is O=C(Cc1ccc(F)cc1F)NC1CCCC1CBr. The summed E-state index contributed by atoms with van der Waals surface area (Å²) in [5.41, 5.74) is 0.229. The van der Waals surface area contributed by atoms with E-state index in [0.717, 1.165) is 30.7 Å². The number of hydrogen-bond acceptors (Lipinski definition) is 1. The smallest absolute Gasteiger partial charge is 0.224 e. The second-order valence-corrected chi connectivity index (χ2v) is 5.58. The lowest BCUT2D eigenvalue weighted by Crippen LogP contribution is -2.38. The van der Waals surface area contributed by atoms with Gasteiger partial charge in [-0.2, -0.15) is 0 Å². The number of benzene rings is 1. The molecule has 5 heteroatoms. The largest absolute Gasteiger partial charge is 0.353 e. The Hall–Kier alpha value is -0.970. The molecule has 19 heavy (non-hydrogen) atoms. The fourth-order valence-corrected chi connectivity index (χ4v) is 3.28. The first-order chi connectivity index (χ1) is 9.10. The van der Waals surface area contributed by atoms with Crippen LogP contribution < -0.4 is 5.32 Å². The van der Waals surface area contributed by atoms with Crippen molar-refractivity contribution in [3.8, 4) is 0 Å². The summed E-state index contributed by atoms with van der Waals surface area (Å²) in [6.45, 7) is 0. The second-order valence-electron chi connectivity index (χ2n) is 4.93. The van der Waals surface area contributed by atoms with E-state index in [-0.39, 0.29) is 23.9 Å². The molecule has 0 saturated heterocycles. The highest BCUT2D eigenvalue weighted by molar-refractivity contribution is 9.09. The molecule has 0 aromatic heterocycles. The Balaban J connectivity index is 1.94. The number of halogens is 3. The standard InChI is InChI=1S/C14H16BrF2NO/c15-8-10-2-1-3-13(10)18-14(19)6-9-4-5-11(16)7-12(9)17/h4-5,7,10,13H,1-3,6,8H2,(H,18,19). The zero-order chi connectivity index (χ0) is 13.8. The minimum absolute atomic E-state index is 0.0440. The van der Waals surface area contributed by atoms with E-state index in [4.69, 9.17) is 0 Å². The first-order valence-corrected chi connectivity index (χ1v) is 7.51. The van der Waals surface area contributed by atoms with E-state index in [0.29, 0.717) is 5.92 Å². The van der Waals surface area contributed by atoms with E-state index in [1.807, 2.05) is 0 Å². The highest BCUT2D eigenvalue weighted by atomic mass is 79.9. The summed E-state index contributed by atoms with van der Waals surface area (Å²) in [5.74, 6) is -1.05. The summed E-state index contributed by atoms with van der Waals surface area (Å²) in [6.07, 6.45) is 3.12. The van der Waals surface area contributed by atoms with Gasteiger partial charge in [-0.15, -0.1) is 0 Å². The number of hydrogen-bond donors (Lipinski definition) is 1. The van der Waals surface area contributed by atoms with Gasteiger partial charge in [0.1, 0.15) is 11.6 Å². The molecule has 1 amide bonds. The van der Waals surface area contributed by atoms with E-state index in [9.17, 15) is 13.6 Å². The van der Waals surface area contributed by atoms with Crippen molar-refractivity contribution in [3.63, 3.8) is 0 Å². The van der Waals surface area contributed by atoms with Gasteiger partial charge in [0, 0.05) is 17.4 Å². The van der Waals surface area contributed by atoms with Crippen molar-refractivity contribution in [2.45, 2.75) is 31.7 Å². The normalized spacial score (nSPS) is 22.5. The number of amides is 1. The van der Waals surface area contributed by atoms with Crippen LogP contribution in [0.15, 0.2) is 18.2 Å². The molecule has 2 rings (SSSR count). The molecule has 1 aromatic rings. The number of rotatable bonds is 4. The van der Waals surface area contributed by atoms with Crippen molar-refractivity contribution in [1.29, 1.82) is 0 Å². The Kier molecular flexibility index (Phi) is 4.91. The van der Waals surface area contributed by atoms with Crippen LogP contribution in [-0.2, 0) is 11.2 Å². The van der Waals surface area contributed by atoms with Crippen LogP contribution in [0.2, 0.25) is 0 Å². The van der Waals surface area contributed by atoms with Gasteiger partial charge in [0.25, 0.3) is 0 Å². The van der Waals surface area contributed by atoms with Crippen LogP contribution in [0.25, 0.3) is 0 Å². The van der Waals surface area contributed by atoms with Crippen LogP contribution in [0, 0.1) is 17.6 Å². The summed E-state index contributed by atoms with van der Waals surface area (Å²) in [7, 11) is 0. The summed E-state index contributed by atoms with van der Waals surface area (Å²) in [5, 5.41) is 3.80. The van der Waals surface area contributed by atoms with Crippen LogP contribution >= 0.6 is 15.9 Å². The van der Waals surface area contributed by atoms with Crippen LogP contribution in [0.3, 0.4) is 0 Å². The topological polar surface area (TPSA) is 29.1 Å². The number of alkyl halides is 1. The Labute approximate surface area is 119 Å². The molecule has 0 aliphatic heterocycles. The van der Waals surface area contributed by atoms with Crippen molar-refractivity contribution in [3.05, 3.63) is 35.4 Å². The molecule has 0 bridgehead atoms. The van der Waals surface area contributed by atoms with Crippen LogP contribution in [-0.4, -0.2) is 17.3 Å². The molecule has 0 radical (unpaired) electrons. The molecule has 1 saturated carbocycles. The second kappa shape index (κ2) is 6.46. The van der Waals surface area contributed by atoms with Gasteiger partial charge in [-0.3, -0.25) is 4.79 Å². The molecule has 1 aromatic carbocycles. The molecule has 2 nitrogen and oxygen atoms in total. The van der Waals surface area contributed by atoms with Gasteiger partial charge in [-0.25, -0.2) is 8.78 Å². The Bertz CT molecular complexity index is 467. The molecular weight excluding hydrogens is 316 g/mol. The van der Waals surface area contributed by atoms with E-state index >= 15 is 0 Å². The maximum atomic E-state index is 13.4. The Morgan fingerprint density at radius 3 is 2.84 bits per heavy atom. The van der Waals surface area contributed by atoms with Crippen molar-refractivity contribution in [2.75, 3.05) is 5.33 Å². The first kappa shape index (κ1) is 14.4. The lowest BCUT2D eigenvalue weighted by Gasteiger charge is -2.19. The van der Waals surface area contributed by atoms with Crippen LogP contribution in [0.5, 0.6) is 0 Å². The zero-order valence-corrected chi connectivity index (χ0v) is 12.1.